The number of unbranched alkanes of at least 4 members (excludes halogenated alkanes) is 3. The molecule has 1 heterocycles. The second-order valence-electron chi connectivity index (χ2n) is 13.5. The number of esters is 2. The standard InChI is InChI=1S/C46H48ClNO8/c1-3-44(49)55-27-9-26-54-40-19-11-34(12-20-40)10-13-35-14-15-38(29-42(35)47)37-18-23-43(39(28-37)30-48)56-45(50)36-16-21-41(22-17-36)53-25-8-6-5-7-24-51-31-46(4-2)32-52-33-46/h3,11-12,14-23,28-30,48H,1,4-9,24-27,31-33H2,2H3. The number of carbonyl (C=O) groups is 2. The van der Waals surface area contributed by atoms with E-state index in [1.165, 1.54) is 0 Å². The summed E-state index contributed by atoms with van der Waals surface area (Å²) >= 11 is 6.63. The highest BCUT2D eigenvalue weighted by Crippen LogP contribution is 2.32. The summed E-state index contributed by atoms with van der Waals surface area (Å²) in [5, 5.41) is 8.46. The van der Waals surface area contributed by atoms with E-state index >= 15 is 0 Å². The van der Waals surface area contributed by atoms with E-state index in [1.54, 1.807) is 36.4 Å². The van der Waals surface area contributed by atoms with E-state index in [9.17, 15) is 9.59 Å². The molecule has 4 aromatic carbocycles. The molecule has 1 N–H and O–H groups in total. The van der Waals surface area contributed by atoms with Gasteiger partial charge < -0.3 is 33.8 Å². The summed E-state index contributed by atoms with van der Waals surface area (Å²) in [6, 6.07) is 25.1. The number of hydrogen-bond donors (Lipinski definition) is 1. The Balaban J connectivity index is 1.05. The number of hydrogen-bond acceptors (Lipinski definition) is 9. The van der Waals surface area contributed by atoms with Gasteiger partial charge >= 0.3 is 11.9 Å². The lowest BCUT2D eigenvalue weighted by Crippen LogP contribution is -2.45. The maximum absolute atomic E-state index is 13.0. The predicted octanol–water partition coefficient (Wildman–Crippen LogP) is 9.50. The van der Waals surface area contributed by atoms with E-state index < -0.39 is 11.9 Å². The molecule has 292 valence electrons. The van der Waals surface area contributed by atoms with Crippen LogP contribution in [-0.2, 0) is 19.0 Å². The van der Waals surface area contributed by atoms with Gasteiger partial charge in [-0.25, -0.2) is 9.59 Å². The first kappa shape index (κ1) is 41.8. The normalized spacial score (nSPS) is 12.7. The largest absolute Gasteiger partial charge is 0.494 e. The lowest BCUT2D eigenvalue weighted by atomic mass is 9.84. The van der Waals surface area contributed by atoms with Crippen molar-refractivity contribution in [2.45, 2.75) is 45.4 Å². The van der Waals surface area contributed by atoms with Gasteiger partial charge in [-0.1, -0.05) is 55.5 Å². The molecule has 56 heavy (non-hydrogen) atoms. The first-order valence-corrected chi connectivity index (χ1v) is 19.3. The van der Waals surface area contributed by atoms with Gasteiger partial charge in [0.15, 0.2) is 0 Å². The fourth-order valence-electron chi connectivity index (χ4n) is 5.75. The zero-order chi connectivity index (χ0) is 39.6. The second kappa shape index (κ2) is 21.6. The van der Waals surface area contributed by atoms with Crippen LogP contribution in [0.5, 0.6) is 17.2 Å². The highest BCUT2D eigenvalue weighted by molar-refractivity contribution is 6.32. The van der Waals surface area contributed by atoms with Crippen LogP contribution in [0.2, 0.25) is 5.02 Å². The molecule has 0 unspecified atom stereocenters. The maximum atomic E-state index is 13.0. The molecular weight excluding hydrogens is 730 g/mol. The molecule has 0 atom stereocenters. The molecule has 0 spiro atoms. The van der Waals surface area contributed by atoms with E-state index in [2.05, 4.69) is 25.3 Å². The van der Waals surface area contributed by atoms with Crippen LogP contribution in [-0.4, -0.2) is 64.4 Å². The number of nitrogens with one attached hydrogen (secondary N) is 1. The van der Waals surface area contributed by atoms with Crippen molar-refractivity contribution in [3.05, 3.63) is 125 Å². The van der Waals surface area contributed by atoms with Crippen molar-refractivity contribution in [2.75, 3.05) is 46.2 Å². The van der Waals surface area contributed by atoms with Gasteiger partial charge in [0.25, 0.3) is 0 Å². The molecule has 9 nitrogen and oxygen atoms in total. The summed E-state index contributed by atoms with van der Waals surface area (Å²) in [6.45, 7) is 10.0. The third-order valence-corrected chi connectivity index (χ3v) is 9.66. The molecule has 1 aliphatic heterocycles. The molecule has 0 bridgehead atoms. The summed E-state index contributed by atoms with van der Waals surface area (Å²) in [7, 11) is 0. The van der Waals surface area contributed by atoms with Crippen molar-refractivity contribution in [2.24, 2.45) is 5.41 Å². The smallest absolute Gasteiger partial charge is 0.343 e. The number of halogens is 1. The number of ether oxygens (including phenoxy) is 6. The lowest BCUT2D eigenvalue weighted by Gasteiger charge is -2.40. The highest BCUT2D eigenvalue weighted by Gasteiger charge is 2.36. The Morgan fingerprint density at radius 3 is 2.12 bits per heavy atom. The minimum Gasteiger partial charge on any atom is -0.494 e. The van der Waals surface area contributed by atoms with Crippen LogP contribution in [0.15, 0.2) is 97.6 Å². The quantitative estimate of drug-likeness (QED) is 0.0222. The molecular formula is C46H48ClNO8. The molecule has 0 saturated carbocycles. The zero-order valence-corrected chi connectivity index (χ0v) is 32.5. The number of carbonyl (C=O) groups excluding carboxylic acids is 2. The Hall–Kier alpha value is -5.40. The Morgan fingerprint density at radius 1 is 0.821 bits per heavy atom. The third kappa shape index (κ3) is 12.6. The summed E-state index contributed by atoms with van der Waals surface area (Å²) < 4.78 is 33.4. The Labute approximate surface area is 334 Å². The molecule has 10 heteroatoms. The maximum Gasteiger partial charge on any atom is 0.343 e. The van der Waals surface area contributed by atoms with Crippen molar-refractivity contribution >= 4 is 29.8 Å². The molecule has 0 aromatic heterocycles. The van der Waals surface area contributed by atoms with Crippen molar-refractivity contribution in [3.8, 4) is 40.2 Å². The van der Waals surface area contributed by atoms with Crippen molar-refractivity contribution in [3.63, 3.8) is 0 Å². The highest BCUT2D eigenvalue weighted by atomic mass is 35.5. The monoisotopic (exact) mass is 777 g/mol. The summed E-state index contributed by atoms with van der Waals surface area (Å²) in [5.74, 6) is 6.92. The van der Waals surface area contributed by atoms with Gasteiger partial charge in [-0.2, -0.15) is 0 Å². The van der Waals surface area contributed by atoms with Gasteiger partial charge in [-0.05, 0) is 110 Å². The van der Waals surface area contributed by atoms with E-state index in [-0.39, 0.29) is 17.8 Å². The topological polar surface area (TPSA) is 113 Å². The van der Waals surface area contributed by atoms with Crippen LogP contribution in [0.1, 0.15) is 72.5 Å². The summed E-state index contributed by atoms with van der Waals surface area (Å²) in [6.07, 6.45) is 8.08. The van der Waals surface area contributed by atoms with Crippen LogP contribution in [0.3, 0.4) is 0 Å². The summed E-state index contributed by atoms with van der Waals surface area (Å²) in [5.41, 5.74) is 4.15. The van der Waals surface area contributed by atoms with Gasteiger partial charge in [0.1, 0.15) is 17.2 Å². The minimum absolute atomic E-state index is 0.238. The number of rotatable bonds is 21. The Kier molecular flexibility index (Phi) is 16.1. The van der Waals surface area contributed by atoms with Gasteiger partial charge in [0.05, 0.1) is 50.2 Å². The van der Waals surface area contributed by atoms with Gasteiger partial charge in [-0.15, -0.1) is 0 Å². The fraction of sp³-hybridized carbons (Fsp3) is 0.326. The minimum atomic E-state index is -0.527. The van der Waals surface area contributed by atoms with Crippen LogP contribution >= 0.6 is 11.6 Å². The van der Waals surface area contributed by atoms with E-state index in [4.69, 9.17) is 45.4 Å². The molecule has 4 aromatic rings. The first-order chi connectivity index (χ1) is 27.3. The van der Waals surface area contributed by atoms with Crippen LogP contribution in [0.25, 0.3) is 11.1 Å². The van der Waals surface area contributed by atoms with Gasteiger partial charge in [-0.3, -0.25) is 0 Å². The number of benzene rings is 4. The molecule has 1 aliphatic rings. The van der Waals surface area contributed by atoms with Crippen LogP contribution in [0, 0.1) is 22.7 Å². The van der Waals surface area contributed by atoms with Crippen LogP contribution in [0.4, 0.5) is 0 Å². The molecule has 0 aliphatic carbocycles. The molecule has 0 amide bonds. The Bertz CT molecular complexity index is 1990. The van der Waals surface area contributed by atoms with E-state index in [0.29, 0.717) is 52.8 Å². The fourth-order valence-corrected chi connectivity index (χ4v) is 5.98. The lowest BCUT2D eigenvalue weighted by molar-refractivity contribution is -0.150. The van der Waals surface area contributed by atoms with Crippen molar-refractivity contribution < 1.29 is 38.0 Å². The average Bonchev–Trinajstić information content (AvgIpc) is 3.21. The molecule has 1 saturated heterocycles. The van der Waals surface area contributed by atoms with Gasteiger partial charge in [0.2, 0.25) is 0 Å². The predicted molar refractivity (Wildman–Crippen MR) is 218 cm³/mol. The Morgan fingerprint density at radius 2 is 1.48 bits per heavy atom. The van der Waals surface area contributed by atoms with Crippen molar-refractivity contribution in [1.82, 2.24) is 0 Å². The van der Waals surface area contributed by atoms with E-state index in [0.717, 1.165) is 87.5 Å². The van der Waals surface area contributed by atoms with E-state index in [1.807, 2.05) is 48.5 Å². The van der Waals surface area contributed by atoms with Crippen LogP contribution < -0.4 is 14.2 Å². The van der Waals surface area contributed by atoms with Crippen molar-refractivity contribution in [1.29, 1.82) is 5.41 Å². The average molecular weight is 778 g/mol. The molecule has 0 radical (unpaired) electrons. The zero-order valence-electron chi connectivity index (χ0n) is 31.8. The van der Waals surface area contributed by atoms with Gasteiger partial charge in [0, 0.05) is 47.4 Å². The molecule has 5 rings (SSSR count). The SMILES string of the molecule is C=CC(=O)OCCCOc1ccc(C#Cc2ccc(-c3ccc(OC(=O)c4ccc(OCCCCCCOCC5(CC)COC5)cc4)c(C=N)c3)cc2Cl)cc1. The second-order valence-corrected chi connectivity index (χ2v) is 13.9. The molecule has 1 fully saturated rings. The first-order valence-electron chi connectivity index (χ1n) is 18.9. The summed E-state index contributed by atoms with van der Waals surface area (Å²) in [4.78, 5) is 24.1. The third-order valence-electron chi connectivity index (χ3n) is 9.35.